The van der Waals surface area contributed by atoms with Crippen molar-refractivity contribution in [2.75, 3.05) is 25.2 Å². The van der Waals surface area contributed by atoms with Crippen molar-refractivity contribution < 1.29 is 19.1 Å². The summed E-state index contributed by atoms with van der Waals surface area (Å²) < 4.78 is 12.1. The molecule has 0 unspecified atom stereocenters. The smallest absolute Gasteiger partial charge is 0.340 e. The monoisotopic (exact) mass is 540 g/mol. The molecule has 1 aromatic heterocycles. The molecule has 3 aromatic carbocycles. The summed E-state index contributed by atoms with van der Waals surface area (Å²) in [7, 11) is 1.37. The van der Waals surface area contributed by atoms with Crippen LogP contribution in [-0.4, -0.2) is 37.1 Å². The average molecular weight is 541 g/mol. The van der Waals surface area contributed by atoms with Crippen LogP contribution < -0.4 is 4.90 Å². The van der Waals surface area contributed by atoms with Crippen molar-refractivity contribution in [2.24, 2.45) is 5.92 Å². The molecular formula is C32H32N2O4S. The van der Waals surface area contributed by atoms with Gasteiger partial charge in [-0.15, -0.1) is 11.3 Å². The summed E-state index contributed by atoms with van der Waals surface area (Å²) in [6.45, 7) is 1.97. The standard InChI is InChI=1S/C32H32N2O4S/c1-37-32(36)26-17-27-29(18-28(26)34-16-15-23-9-5-6-10-25(23)31(34)35)39-30(33-27)24-13-11-22(12-14-24)20-38-19-21-7-3-2-4-8-21/h2-10,17-18,22,24H,11-16,19-20H2,1H3/t22-,24-. The van der Waals surface area contributed by atoms with Gasteiger partial charge in [0.25, 0.3) is 5.91 Å². The minimum absolute atomic E-state index is 0.0844. The zero-order valence-corrected chi connectivity index (χ0v) is 22.9. The molecular weight excluding hydrogens is 508 g/mol. The van der Waals surface area contributed by atoms with Crippen LogP contribution in [0.1, 0.15) is 68.5 Å². The van der Waals surface area contributed by atoms with Crippen molar-refractivity contribution in [1.82, 2.24) is 4.98 Å². The number of fused-ring (bicyclic) bond motifs is 2. The Balaban J connectivity index is 1.18. The molecule has 1 aliphatic carbocycles. The minimum Gasteiger partial charge on any atom is -0.465 e. The molecule has 0 spiro atoms. The number of thiazole rings is 1. The van der Waals surface area contributed by atoms with Gasteiger partial charge in [-0.1, -0.05) is 48.5 Å². The van der Waals surface area contributed by atoms with Crippen molar-refractivity contribution in [3.8, 4) is 0 Å². The highest BCUT2D eigenvalue weighted by Crippen LogP contribution is 2.41. The number of amides is 1. The maximum Gasteiger partial charge on any atom is 0.340 e. The number of anilines is 1. The molecule has 2 aliphatic rings. The third-order valence-electron chi connectivity index (χ3n) is 7.98. The Hall–Kier alpha value is -3.55. The molecule has 39 heavy (non-hydrogen) atoms. The number of aromatic nitrogens is 1. The number of benzene rings is 3. The van der Waals surface area contributed by atoms with E-state index in [0.717, 1.165) is 59.5 Å². The lowest BCUT2D eigenvalue weighted by atomic mass is 9.83. The molecule has 0 atom stereocenters. The fraction of sp³-hybridized carbons (Fsp3) is 0.344. The Bertz CT molecular complexity index is 1490. The number of carbonyl (C=O) groups is 2. The van der Waals surface area contributed by atoms with Crippen molar-refractivity contribution in [1.29, 1.82) is 0 Å². The molecule has 6 nitrogen and oxygen atoms in total. The number of rotatable bonds is 7. The normalized spacial score (nSPS) is 19.2. The van der Waals surface area contributed by atoms with E-state index in [-0.39, 0.29) is 5.91 Å². The second-order valence-corrected chi connectivity index (χ2v) is 11.5. The van der Waals surface area contributed by atoms with E-state index >= 15 is 0 Å². The second-order valence-electron chi connectivity index (χ2n) is 10.5. The molecule has 6 rings (SSSR count). The molecule has 0 bridgehead atoms. The summed E-state index contributed by atoms with van der Waals surface area (Å²) in [5.41, 5.74) is 4.71. The molecule has 200 valence electrons. The van der Waals surface area contributed by atoms with Gasteiger partial charge in [-0.2, -0.15) is 0 Å². The van der Waals surface area contributed by atoms with Crippen LogP contribution in [0.3, 0.4) is 0 Å². The van der Waals surface area contributed by atoms with E-state index in [1.807, 2.05) is 48.5 Å². The first-order valence-electron chi connectivity index (χ1n) is 13.6. The molecule has 1 fully saturated rings. The summed E-state index contributed by atoms with van der Waals surface area (Å²) in [6.07, 6.45) is 5.15. The summed E-state index contributed by atoms with van der Waals surface area (Å²) in [5, 5.41) is 1.11. The van der Waals surface area contributed by atoms with Gasteiger partial charge in [-0.3, -0.25) is 4.79 Å². The molecule has 1 aliphatic heterocycles. The summed E-state index contributed by atoms with van der Waals surface area (Å²) in [5.74, 6) is 0.439. The largest absolute Gasteiger partial charge is 0.465 e. The molecule has 1 saturated carbocycles. The zero-order chi connectivity index (χ0) is 26.8. The Labute approximate surface area is 232 Å². The topological polar surface area (TPSA) is 68.7 Å². The zero-order valence-electron chi connectivity index (χ0n) is 22.1. The third-order valence-corrected chi connectivity index (χ3v) is 9.16. The maximum atomic E-state index is 13.4. The van der Waals surface area contributed by atoms with Gasteiger partial charge in [-0.25, -0.2) is 9.78 Å². The summed E-state index contributed by atoms with van der Waals surface area (Å²) in [6, 6.07) is 21.7. The van der Waals surface area contributed by atoms with Crippen molar-refractivity contribution in [3.05, 3.63) is 94.0 Å². The lowest BCUT2D eigenvalue weighted by molar-refractivity contribution is 0.0601. The lowest BCUT2D eigenvalue weighted by Gasteiger charge is -2.29. The van der Waals surface area contributed by atoms with Crippen molar-refractivity contribution in [3.63, 3.8) is 0 Å². The fourth-order valence-corrected chi connectivity index (χ4v) is 6.95. The predicted octanol–water partition coefficient (Wildman–Crippen LogP) is 6.78. The fourth-order valence-electron chi connectivity index (χ4n) is 5.80. The minimum atomic E-state index is -0.455. The van der Waals surface area contributed by atoms with Gasteiger partial charge < -0.3 is 14.4 Å². The Morgan fingerprint density at radius 2 is 1.79 bits per heavy atom. The molecule has 0 radical (unpaired) electrons. The first kappa shape index (κ1) is 25.7. The van der Waals surface area contributed by atoms with Crippen LogP contribution in [0.2, 0.25) is 0 Å². The SMILES string of the molecule is COC(=O)c1cc2nc([C@H]3CC[C@H](COCc4ccccc4)CC3)sc2cc1N1CCc2ccccc2C1=O. The van der Waals surface area contributed by atoms with E-state index in [9.17, 15) is 9.59 Å². The number of esters is 1. The predicted molar refractivity (Wildman–Crippen MR) is 154 cm³/mol. The second kappa shape index (κ2) is 11.3. The van der Waals surface area contributed by atoms with E-state index in [0.29, 0.717) is 41.8 Å². The molecule has 4 aromatic rings. The van der Waals surface area contributed by atoms with Crippen LogP contribution in [-0.2, 0) is 22.5 Å². The first-order chi connectivity index (χ1) is 19.1. The van der Waals surface area contributed by atoms with Gasteiger partial charge >= 0.3 is 5.97 Å². The number of nitrogens with zero attached hydrogens (tertiary/aromatic N) is 2. The average Bonchev–Trinajstić information content (AvgIpc) is 3.40. The van der Waals surface area contributed by atoms with E-state index in [2.05, 4.69) is 12.1 Å². The number of ether oxygens (including phenoxy) is 2. The number of hydrogen-bond acceptors (Lipinski definition) is 6. The first-order valence-corrected chi connectivity index (χ1v) is 14.5. The van der Waals surface area contributed by atoms with Gasteiger partial charge in [0.05, 0.1) is 40.2 Å². The lowest BCUT2D eigenvalue weighted by Crippen LogP contribution is -2.38. The van der Waals surface area contributed by atoms with E-state index in [1.54, 1.807) is 22.3 Å². The van der Waals surface area contributed by atoms with Gasteiger partial charge in [0.15, 0.2) is 0 Å². The van der Waals surface area contributed by atoms with Gasteiger partial charge in [-0.05, 0) is 67.3 Å². The molecule has 0 N–H and O–H groups in total. The summed E-state index contributed by atoms with van der Waals surface area (Å²) >= 11 is 1.68. The number of hydrogen-bond donors (Lipinski definition) is 0. The number of carbonyl (C=O) groups excluding carboxylic acids is 2. The molecule has 0 saturated heterocycles. The molecule has 1 amide bonds. The van der Waals surface area contributed by atoms with Crippen LogP contribution in [0, 0.1) is 5.92 Å². The van der Waals surface area contributed by atoms with Crippen LogP contribution in [0.5, 0.6) is 0 Å². The van der Waals surface area contributed by atoms with Crippen LogP contribution in [0.15, 0.2) is 66.7 Å². The van der Waals surface area contributed by atoms with Gasteiger partial charge in [0, 0.05) is 24.6 Å². The van der Waals surface area contributed by atoms with Gasteiger partial charge in [0.2, 0.25) is 0 Å². The third kappa shape index (κ3) is 5.34. The molecule has 2 heterocycles. The van der Waals surface area contributed by atoms with Gasteiger partial charge in [0.1, 0.15) is 0 Å². The van der Waals surface area contributed by atoms with Crippen LogP contribution in [0.25, 0.3) is 10.2 Å². The van der Waals surface area contributed by atoms with Crippen LogP contribution in [0.4, 0.5) is 5.69 Å². The van der Waals surface area contributed by atoms with E-state index in [1.165, 1.54) is 12.7 Å². The summed E-state index contributed by atoms with van der Waals surface area (Å²) in [4.78, 5) is 32.9. The highest BCUT2D eigenvalue weighted by atomic mass is 32.1. The van der Waals surface area contributed by atoms with Crippen molar-refractivity contribution >= 4 is 39.1 Å². The van der Waals surface area contributed by atoms with Crippen molar-refractivity contribution in [2.45, 2.75) is 44.6 Å². The molecule has 7 heteroatoms. The Morgan fingerprint density at radius 3 is 2.59 bits per heavy atom. The highest BCUT2D eigenvalue weighted by Gasteiger charge is 2.30. The number of methoxy groups -OCH3 is 1. The quantitative estimate of drug-likeness (QED) is 0.242. The Kier molecular flexibility index (Phi) is 7.44. The maximum absolute atomic E-state index is 13.4. The highest BCUT2D eigenvalue weighted by molar-refractivity contribution is 7.18. The Morgan fingerprint density at radius 1 is 1.03 bits per heavy atom. The van der Waals surface area contributed by atoms with E-state index < -0.39 is 5.97 Å². The van der Waals surface area contributed by atoms with E-state index in [4.69, 9.17) is 14.5 Å². The van der Waals surface area contributed by atoms with Crippen LogP contribution >= 0.6 is 11.3 Å².